The molecule has 206 valence electrons. The third-order valence-corrected chi connectivity index (χ3v) is 7.93. The number of hydrogen-bond acceptors (Lipinski definition) is 5. The Morgan fingerprint density at radius 2 is 1.64 bits per heavy atom. The summed E-state index contributed by atoms with van der Waals surface area (Å²) in [6, 6.07) is 19.6. The van der Waals surface area contributed by atoms with Crippen molar-refractivity contribution in [3.05, 3.63) is 78.0 Å². The van der Waals surface area contributed by atoms with Crippen LogP contribution >= 0.6 is 0 Å². The molecule has 0 aliphatic heterocycles. The van der Waals surface area contributed by atoms with Crippen LogP contribution in [-0.2, 0) is 15.4 Å². The molecule has 0 saturated heterocycles. The molecule has 0 aliphatic rings. The Morgan fingerprint density at radius 3 is 2.23 bits per heavy atom. The largest absolute Gasteiger partial charge is 0.497 e. The van der Waals surface area contributed by atoms with Gasteiger partial charge in [0, 0.05) is 35.2 Å². The summed E-state index contributed by atoms with van der Waals surface area (Å²) in [6.45, 7) is 7.43. The Balaban J connectivity index is 1.73. The number of ether oxygens (including phenoxy) is 1. The predicted octanol–water partition coefficient (Wildman–Crippen LogP) is 5.23. The lowest BCUT2D eigenvalue weighted by Gasteiger charge is -2.19. The molecule has 9 heteroatoms. The number of likely N-dealkylation sites (N-methyl/N-ethyl adjacent to an activating group) is 1. The highest BCUT2D eigenvalue weighted by molar-refractivity contribution is 7.92. The first kappa shape index (κ1) is 28.2. The summed E-state index contributed by atoms with van der Waals surface area (Å²) in [5, 5.41) is 3.69. The van der Waals surface area contributed by atoms with Crippen molar-refractivity contribution in [2.24, 2.45) is 0 Å². The number of fused-ring (bicyclic) bond motifs is 1. The fourth-order valence-electron chi connectivity index (χ4n) is 4.31. The molecule has 1 amide bonds. The van der Waals surface area contributed by atoms with Gasteiger partial charge >= 0.3 is 0 Å². The number of rotatable bonds is 9. The van der Waals surface area contributed by atoms with Crippen LogP contribution in [0.15, 0.2) is 71.6 Å². The van der Waals surface area contributed by atoms with Gasteiger partial charge in [0.15, 0.2) is 0 Å². The number of hydrogen-bond donors (Lipinski definition) is 3. The van der Waals surface area contributed by atoms with Crippen molar-refractivity contribution in [2.75, 3.05) is 39.0 Å². The van der Waals surface area contributed by atoms with Crippen molar-refractivity contribution >= 4 is 32.5 Å². The van der Waals surface area contributed by atoms with Crippen molar-refractivity contribution in [1.82, 2.24) is 15.2 Å². The molecule has 0 spiro atoms. The molecule has 0 bridgehead atoms. The average Bonchev–Trinajstić information content (AvgIpc) is 3.27. The number of carbonyl (C=O) groups is 1. The highest BCUT2D eigenvalue weighted by atomic mass is 32.2. The third-order valence-electron chi connectivity index (χ3n) is 6.53. The van der Waals surface area contributed by atoms with E-state index in [1.165, 1.54) is 0 Å². The normalized spacial score (nSPS) is 12.1. The Kier molecular flexibility index (Phi) is 8.04. The first-order valence-corrected chi connectivity index (χ1v) is 14.2. The van der Waals surface area contributed by atoms with Crippen molar-refractivity contribution in [1.29, 1.82) is 0 Å². The summed E-state index contributed by atoms with van der Waals surface area (Å²) in [4.78, 5) is 18.6. The van der Waals surface area contributed by atoms with Gasteiger partial charge in [-0.1, -0.05) is 45.0 Å². The predicted molar refractivity (Wildman–Crippen MR) is 157 cm³/mol. The number of H-pyrrole nitrogens is 1. The minimum atomic E-state index is -3.82. The van der Waals surface area contributed by atoms with Gasteiger partial charge in [-0.3, -0.25) is 9.52 Å². The smallest absolute Gasteiger partial charge is 0.268 e. The number of nitrogens with zero attached hydrogens (tertiary/aromatic N) is 1. The third kappa shape index (κ3) is 6.43. The van der Waals surface area contributed by atoms with Crippen LogP contribution in [0.5, 0.6) is 5.75 Å². The average molecular weight is 549 g/mol. The van der Waals surface area contributed by atoms with E-state index in [0.717, 1.165) is 22.0 Å². The Labute approximate surface area is 230 Å². The fraction of sp³-hybridized carbons (Fsp3) is 0.300. The Hall–Kier alpha value is -3.82. The lowest BCUT2D eigenvalue weighted by atomic mass is 9.87. The van der Waals surface area contributed by atoms with Gasteiger partial charge in [0.05, 0.1) is 12.0 Å². The molecule has 1 heterocycles. The summed E-state index contributed by atoms with van der Waals surface area (Å²) in [5.41, 5.74) is 3.99. The molecule has 0 fully saturated rings. The van der Waals surface area contributed by atoms with Crippen LogP contribution < -0.4 is 14.8 Å². The Bertz CT molecular complexity index is 1570. The van der Waals surface area contributed by atoms with Gasteiger partial charge in [-0.2, -0.15) is 0 Å². The standard InChI is InChI=1S/C30H36N4O4S/c1-30(2,3)21-9-14-24(15-10-21)39(36,37)33-22-11-16-26-25(19-22)27(20-7-12-23(38-6)13-8-20)28(32-26)29(35)31-17-18-34(4)5/h7-16,19,32-33H,17-18H2,1-6H3,(H,31,35). The summed E-state index contributed by atoms with van der Waals surface area (Å²) in [6.07, 6.45) is 0. The Morgan fingerprint density at radius 1 is 0.974 bits per heavy atom. The highest BCUT2D eigenvalue weighted by Gasteiger charge is 2.22. The molecule has 8 nitrogen and oxygen atoms in total. The molecule has 4 rings (SSSR count). The molecule has 3 N–H and O–H groups in total. The van der Waals surface area contributed by atoms with E-state index in [0.29, 0.717) is 35.8 Å². The van der Waals surface area contributed by atoms with Crippen LogP contribution in [0.1, 0.15) is 36.8 Å². The van der Waals surface area contributed by atoms with Gasteiger partial charge in [0.1, 0.15) is 11.4 Å². The molecule has 0 radical (unpaired) electrons. The number of nitrogens with one attached hydrogen (secondary N) is 3. The number of sulfonamides is 1. The molecular formula is C30H36N4O4S. The quantitative estimate of drug-likeness (QED) is 0.266. The van der Waals surface area contributed by atoms with Gasteiger partial charge < -0.3 is 19.9 Å². The molecule has 4 aromatic rings. The molecule has 1 aromatic heterocycles. The molecule has 0 atom stereocenters. The summed E-state index contributed by atoms with van der Waals surface area (Å²) in [5.74, 6) is 0.460. The maximum absolute atomic E-state index is 13.2. The maximum atomic E-state index is 13.2. The van der Waals surface area contributed by atoms with Crippen molar-refractivity contribution in [3.63, 3.8) is 0 Å². The first-order chi connectivity index (χ1) is 18.4. The van der Waals surface area contributed by atoms with Crippen LogP contribution in [-0.4, -0.2) is 58.5 Å². The monoisotopic (exact) mass is 548 g/mol. The van der Waals surface area contributed by atoms with Gasteiger partial charge in [0.2, 0.25) is 0 Å². The number of benzene rings is 3. The van der Waals surface area contributed by atoms with E-state index in [4.69, 9.17) is 4.74 Å². The second-order valence-electron chi connectivity index (χ2n) is 10.8. The van der Waals surface area contributed by atoms with E-state index >= 15 is 0 Å². The van der Waals surface area contributed by atoms with E-state index in [9.17, 15) is 13.2 Å². The second kappa shape index (κ2) is 11.1. The molecular weight excluding hydrogens is 512 g/mol. The van der Waals surface area contributed by atoms with E-state index in [1.807, 2.05) is 55.4 Å². The highest BCUT2D eigenvalue weighted by Crippen LogP contribution is 2.35. The summed E-state index contributed by atoms with van der Waals surface area (Å²) >= 11 is 0. The fourth-order valence-corrected chi connectivity index (χ4v) is 5.36. The number of anilines is 1. The van der Waals surface area contributed by atoms with Gasteiger partial charge in [0.25, 0.3) is 15.9 Å². The number of methoxy groups -OCH3 is 1. The molecule has 0 saturated carbocycles. The summed E-state index contributed by atoms with van der Waals surface area (Å²) < 4.78 is 34.4. The lowest BCUT2D eigenvalue weighted by Crippen LogP contribution is -2.31. The van der Waals surface area contributed by atoms with E-state index < -0.39 is 10.0 Å². The van der Waals surface area contributed by atoms with Crippen molar-refractivity contribution in [2.45, 2.75) is 31.1 Å². The van der Waals surface area contributed by atoms with E-state index in [1.54, 1.807) is 37.4 Å². The van der Waals surface area contributed by atoms with Crippen LogP contribution in [0.3, 0.4) is 0 Å². The number of amides is 1. The van der Waals surface area contributed by atoms with Crippen LogP contribution in [0.4, 0.5) is 5.69 Å². The minimum Gasteiger partial charge on any atom is -0.497 e. The van der Waals surface area contributed by atoms with Gasteiger partial charge in [-0.05, 0) is 73.1 Å². The maximum Gasteiger partial charge on any atom is 0.268 e. The van der Waals surface area contributed by atoms with Gasteiger partial charge in [-0.15, -0.1) is 0 Å². The SMILES string of the molecule is COc1ccc(-c2c(C(=O)NCCN(C)C)[nH]c3ccc(NS(=O)(=O)c4ccc(C(C)(C)C)cc4)cc23)cc1. The zero-order chi connectivity index (χ0) is 28.4. The topological polar surface area (TPSA) is 104 Å². The zero-order valence-electron chi connectivity index (χ0n) is 23.3. The number of carbonyl (C=O) groups excluding carboxylic acids is 1. The number of aromatic nitrogens is 1. The second-order valence-corrected chi connectivity index (χ2v) is 12.5. The lowest BCUT2D eigenvalue weighted by molar-refractivity contribution is 0.0947. The zero-order valence-corrected chi connectivity index (χ0v) is 24.1. The molecule has 3 aromatic carbocycles. The van der Waals surface area contributed by atoms with Gasteiger partial charge in [-0.25, -0.2) is 8.42 Å². The van der Waals surface area contributed by atoms with E-state index in [-0.39, 0.29) is 16.2 Å². The van der Waals surface area contributed by atoms with Crippen LogP contribution in [0.2, 0.25) is 0 Å². The molecule has 0 aliphatic carbocycles. The number of aromatic amines is 1. The first-order valence-electron chi connectivity index (χ1n) is 12.8. The van der Waals surface area contributed by atoms with E-state index in [2.05, 4.69) is 35.8 Å². The molecule has 0 unspecified atom stereocenters. The summed E-state index contributed by atoms with van der Waals surface area (Å²) in [7, 11) is 1.66. The van der Waals surface area contributed by atoms with Crippen molar-refractivity contribution < 1.29 is 17.9 Å². The van der Waals surface area contributed by atoms with Crippen LogP contribution in [0.25, 0.3) is 22.0 Å². The van der Waals surface area contributed by atoms with Crippen LogP contribution in [0, 0.1) is 0 Å². The van der Waals surface area contributed by atoms with Crippen molar-refractivity contribution in [3.8, 4) is 16.9 Å². The molecule has 39 heavy (non-hydrogen) atoms. The minimum absolute atomic E-state index is 0.0800.